The number of fused-ring (bicyclic) bond motifs is 2. The third-order valence-corrected chi connectivity index (χ3v) is 5.98. The summed E-state index contributed by atoms with van der Waals surface area (Å²) in [6.45, 7) is 0. The van der Waals surface area contributed by atoms with Gasteiger partial charge in [-0.15, -0.1) is 11.3 Å². The third-order valence-electron chi connectivity index (χ3n) is 5.16. The van der Waals surface area contributed by atoms with Crippen LogP contribution in [0.1, 0.15) is 11.1 Å². The lowest BCUT2D eigenvalue weighted by Crippen LogP contribution is -2.20. The van der Waals surface area contributed by atoms with Crippen molar-refractivity contribution in [1.29, 1.82) is 0 Å². The smallest absolute Gasteiger partial charge is 0.416 e. The van der Waals surface area contributed by atoms with E-state index in [0.29, 0.717) is 11.2 Å². The van der Waals surface area contributed by atoms with Gasteiger partial charge in [0.1, 0.15) is 11.2 Å². The fraction of sp³-hybridized carbons (Fsp3) is 0.0435. The molecule has 2 N–H and O–H groups in total. The van der Waals surface area contributed by atoms with Crippen LogP contribution in [0, 0.1) is 0 Å². The molecule has 3 heterocycles. The first-order valence-electron chi connectivity index (χ1n) is 9.86. The molecular weight excluding hydrogens is 467 g/mol. The minimum Gasteiger partial charge on any atom is -0.494 e. The van der Waals surface area contributed by atoms with Crippen LogP contribution in [-0.2, 0) is 6.18 Å². The maximum absolute atomic E-state index is 13.2. The summed E-state index contributed by atoms with van der Waals surface area (Å²) in [7, 11) is 0. The van der Waals surface area contributed by atoms with E-state index in [1.165, 1.54) is 42.1 Å². The molecule has 0 aliphatic carbocycles. The first kappa shape index (κ1) is 21.6. The van der Waals surface area contributed by atoms with Crippen LogP contribution in [0.25, 0.3) is 26.7 Å². The molecule has 0 bridgehead atoms. The van der Waals surface area contributed by atoms with Crippen molar-refractivity contribution in [1.82, 2.24) is 14.5 Å². The average Bonchev–Trinajstić information content (AvgIpc) is 3.31. The molecule has 0 fully saturated rings. The SMILES string of the molecule is O=c1c2ccccc2c(C=NNc2ncnc3sccc23)c(O)n1-c1cccc(C(F)(F)F)c1. The number of halogens is 3. The lowest BCUT2D eigenvalue weighted by atomic mass is 10.1. The van der Waals surface area contributed by atoms with E-state index < -0.39 is 23.2 Å². The van der Waals surface area contributed by atoms with Gasteiger partial charge in [-0.25, -0.2) is 14.5 Å². The van der Waals surface area contributed by atoms with Crippen molar-refractivity contribution in [3.05, 3.63) is 87.8 Å². The zero-order valence-electron chi connectivity index (χ0n) is 17.1. The number of nitrogens with zero attached hydrogens (tertiary/aromatic N) is 4. The van der Waals surface area contributed by atoms with Crippen molar-refractivity contribution < 1.29 is 18.3 Å². The summed E-state index contributed by atoms with van der Waals surface area (Å²) in [4.78, 5) is 22.2. The number of aromatic nitrogens is 3. The number of hydrazone groups is 1. The summed E-state index contributed by atoms with van der Waals surface area (Å²) in [5, 5.41) is 18.4. The molecule has 5 rings (SSSR count). The number of nitrogens with one attached hydrogen (secondary N) is 1. The lowest BCUT2D eigenvalue weighted by Gasteiger charge is -2.15. The minimum absolute atomic E-state index is 0.124. The summed E-state index contributed by atoms with van der Waals surface area (Å²) in [6.07, 6.45) is -1.93. The monoisotopic (exact) mass is 481 g/mol. The standard InChI is InChI=1S/C23H14F3N5O2S/c24-23(25,26)13-4-3-5-14(10-13)31-21(32)16-7-2-1-6-15(16)18(22(31)33)11-29-30-19-17-8-9-34-20(17)28-12-27-19/h1-12,33H,(H,27,28,30). The third kappa shape index (κ3) is 3.75. The quantitative estimate of drug-likeness (QED) is 0.273. The van der Waals surface area contributed by atoms with E-state index in [4.69, 9.17) is 0 Å². The molecule has 0 amide bonds. The molecule has 0 spiro atoms. The number of hydrogen-bond acceptors (Lipinski definition) is 7. The van der Waals surface area contributed by atoms with Gasteiger partial charge in [0, 0.05) is 10.8 Å². The van der Waals surface area contributed by atoms with Gasteiger partial charge < -0.3 is 5.11 Å². The van der Waals surface area contributed by atoms with Crippen LogP contribution in [0.5, 0.6) is 5.88 Å². The van der Waals surface area contributed by atoms with Crippen molar-refractivity contribution in [3.63, 3.8) is 0 Å². The highest BCUT2D eigenvalue weighted by molar-refractivity contribution is 7.16. The molecule has 0 unspecified atom stereocenters. The predicted octanol–water partition coefficient (Wildman–Crippen LogP) is 5.17. The Hall–Kier alpha value is -4.25. The van der Waals surface area contributed by atoms with Crippen molar-refractivity contribution in [3.8, 4) is 11.6 Å². The van der Waals surface area contributed by atoms with E-state index in [0.717, 1.165) is 26.9 Å². The van der Waals surface area contributed by atoms with E-state index >= 15 is 0 Å². The molecular formula is C23H14F3N5O2S. The second-order valence-electron chi connectivity index (χ2n) is 7.20. The second kappa shape index (κ2) is 8.27. The zero-order valence-corrected chi connectivity index (χ0v) is 17.9. The van der Waals surface area contributed by atoms with Gasteiger partial charge in [-0.1, -0.05) is 24.3 Å². The van der Waals surface area contributed by atoms with Crippen molar-refractivity contribution in [2.24, 2.45) is 5.10 Å². The highest BCUT2D eigenvalue weighted by atomic mass is 32.1. The number of rotatable bonds is 4. The molecule has 0 saturated heterocycles. The molecule has 34 heavy (non-hydrogen) atoms. The number of alkyl halides is 3. The Bertz CT molecular complexity index is 1630. The molecule has 170 valence electrons. The van der Waals surface area contributed by atoms with E-state index in [9.17, 15) is 23.1 Å². The number of benzene rings is 2. The van der Waals surface area contributed by atoms with Crippen LogP contribution >= 0.6 is 11.3 Å². The molecule has 11 heteroatoms. The Kier molecular flexibility index (Phi) is 5.25. The Balaban J connectivity index is 1.65. The van der Waals surface area contributed by atoms with Crippen molar-refractivity contribution in [2.45, 2.75) is 6.18 Å². The predicted molar refractivity (Wildman–Crippen MR) is 125 cm³/mol. The summed E-state index contributed by atoms with van der Waals surface area (Å²) in [6, 6.07) is 12.5. The van der Waals surface area contributed by atoms with Gasteiger partial charge in [-0.3, -0.25) is 10.2 Å². The molecule has 0 saturated carbocycles. The molecule has 3 aromatic heterocycles. The fourth-order valence-corrected chi connectivity index (χ4v) is 4.32. The topological polar surface area (TPSA) is 92.4 Å². The average molecular weight is 481 g/mol. The summed E-state index contributed by atoms with van der Waals surface area (Å²) >= 11 is 1.44. The fourth-order valence-electron chi connectivity index (χ4n) is 3.59. The highest BCUT2D eigenvalue weighted by Gasteiger charge is 2.31. The Labute approximate surface area is 193 Å². The molecule has 5 aromatic rings. The van der Waals surface area contributed by atoms with E-state index in [-0.39, 0.29) is 16.6 Å². The van der Waals surface area contributed by atoms with Gasteiger partial charge in [-0.2, -0.15) is 18.3 Å². The number of anilines is 1. The normalized spacial score (nSPS) is 12.1. The Morgan fingerprint density at radius 1 is 1.03 bits per heavy atom. The zero-order chi connectivity index (χ0) is 23.9. The van der Waals surface area contributed by atoms with Crippen LogP contribution < -0.4 is 11.0 Å². The largest absolute Gasteiger partial charge is 0.494 e. The van der Waals surface area contributed by atoms with Gasteiger partial charge in [0.15, 0.2) is 5.82 Å². The number of pyridine rings is 1. The first-order chi connectivity index (χ1) is 16.3. The Morgan fingerprint density at radius 3 is 2.62 bits per heavy atom. The van der Waals surface area contributed by atoms with Crippen LogP contribution in [-0.4, -0.2) is 25.9 Å². The van der Waals surface area contributed by atoms with Crippen LogP contribution in [0.4, 0.5) is 19.0 Å². The van der Waals surface area contributed by atoms with E-state index in [1.54, 1.807) is 18.2 Å². The molecule has 0 aliphatic heterocycles. The number of thiophene rings is 1. The molecule has 0 atom stereocenters. The maximum atomic E-state index is 13.2. The van der Waals surface area contributed by atoms with Crippen LogP contribution in [0.2, 0.25) is 0 Å². The van der Waals surface area contributed by atoms with Crippen molar-refractivity contribution in [2.75, 3.05) is 5.43 Å². The van der Waals surface area contributed by atoms with Gasteiger partial charge in [0.05, 0.1) is 28.4 Å². The molecule has 0 radical (unpaired) electrons. The number of hydrogen-bond donors (Lipinski definition) is 2. The second-order valence-corrected chi connectivity index (χ2v) is 8.10. The summed E-state index contributed by atoms with van der Waals surface area (Å²) in [5.41, 5.74) is 1.22. The summed E-state index contributed by atoms with van der Waals surface area (Å²) < 4.78 is 40.6. The van der Waals surface area contributed by atoms with Gasteiger partial charge in [0.25, 0.3) is 5.56 Å². The number of aromatic hydroxyl groups is 1. The molecule has 2 aromatic carbocycles. The van der Waals surface area contributed by atoms with Crippen LogP contribution in [0.3, 0.4) is 0 Å². The van der Waals surface area contributed by atoms with Gasteiger partial charge >= 0.3 is 6.18 Å². The highest BCUT2D eigenvalue weighted by Crippen LogP contribution is 2.32. The van der Waals surface area contributed by atoms with Gasteiger partial charge in [-0.05, 0) is 35.7 Å². The van der Waals surface area contributed by atoms with Crippen molar-refractivity contribution >= 4 is 44.4 Å². The Morgan fingerprint density at radius 2 is 1.82 bits per heavy atom. The lowest BCUT2D eigenvalue weighted by molar-refractivity contribution is -0.137. The van der Waals surface area contributed by atoms with E-state index in [2.05, 4.69) is 20.5 Å². The maximum Gasteiger partial charge on any atom is 0.416 e. The van der Waals surface area contributed by atoms with Crippen LogP contribution in [0.15, 0.2) is 76.2 Å². The molecule has 7 nitrogen and oxygen atoms in total. The summed E-state index contributed by atoms with van der Waals surface area (Å²) in [5.74, 6) is -0.102. The van der Waals surface area contributed by atoms with E-state index in [1.807, 2.05) is 11.4 Å². The first-order valence-corrected chi connectivity index (χ1v) is 10.7. The van der Waals surface area contributed by atoms with Gasteiger partial charge in [0.2, 0.25) is 5.88 Å². The minimum atomic E-state index is -4.61. The molecule has 0 aliphatic rings.